The third-order valence-electron chi connectivity index (χ3n) is 4.77. The van der Waals surface area contributed by atoms with Crippen molar-refractivity contribution in [2.45, 2.75) is 11.3 Å². The van der Waals surface area contributed by atoms with Gasteiger partial charge >= 0.3 is 0 Å². The first-order valence-electron chi connectivity index (χ1n) is 9.30. The van der Waals surface area contributed by atoms with Crippen LogP contribution >= 0.6 is 11.8 Å². The zero-order chi connectivity index (χ0) is 21.1. The van der Waals surface area contributed by atoms with Gasteiger partial charge in [0.25, 0.3) is 11.8 Å². The highest BCUT2D eigenvalue weighted by Gasteiger charge is 2.31. The van der Waals surface area contributed by atoms with Crippen molar-refractivity contribution in [3.05, 3.63) is 42.0 Å². The highest BCUT2D eigenvalue weighted by Crippen LogP contribution is 2.32. The molecule has 0 radical (unpaired) electrons. The fourth-order valence-electron chi connectivity index (χ4n) is 3.27. The lowest BCUT2D eigenvalue weighted by Gasteiger charge is -2.28. The molecule has 3 aromatic rings. The van der Waals surface area contributed by atoms with Gasteiger partial charge in [-0.2, -0.15) is 0 Å². The fraction of sp³-hybridized carbons (Fsp3) is 0.300. The molecule has 2 amide bonds. The summed E-state index contributed by atoms with van der Waals surface area (Å²) in [5.41, 5.74) is 1.51. The molecule has 2 heterocycles. The lowest BCUT2D eigenvalue weighted by molar-refractivity contribution is -0.137. The Kier molecular flexibility index (Phi) is 5.75. The monoisotopic (exact) mass is 428 g/mol. The van der Waals surface area contributed by atoms with Crippen LogP contribution in [-0.4, -0.2) is 65.2 Å². The number of carbonyl (C=O) groups is 2. The standard InChI is InChI=1S/C20H20N4O5S/c1-27-17-7-5-14(11-18(17)28-2)30-12-19(25)23-8-3-9-24(23)20(26)13-4-6-15-16(10-13)22-29-21-15/h4-7,10-11H,3,8-9,12H2,1-2H3. The molecule has 0 unspecified atom stereocenters. The fourth-order valence-corrected chi connectivity index (χ4v) is 4.07. The summed E-state index contributed by atoms with van der Waals surface area (Å²) in [7, 11) is 3.14. The normalized spacial score (nSPS) is 13.7. The number of aromatic nitrogens is 2. The van der Waals surface area contributed by atoms with Crippen LogP contribution in [0.15, 0.2) is 45.9 Å². The number of hydrogen-bond donors (Lipinski definition) is 0. The molecular weight excluding hydrogens is 408 g/mol. The van der Waals surface area contributed by atoms with Crippen LogP contribution in [0.4, 0.5) is 0 Å². The Morgan fingerprint density at radius 2 is 1.77 bits per heavy atom. The van der Waals surface area contributed by atoms with Crippen LogP contribution in [0.5, 0.6) is 11.5 Å². The van der Waals surface area contributed by atoms with E-state index in [-0.39, 0.29) is 17.6 Å². The minimum atomic E-state index is -0.248. The number of carbonyl (C=O) groups excluding carboxylic acids is 2. The molecule has 0 atom stereocenters. The topological polar surface area (TPSA) is 98.0 Å². The maximum absolute atomic E-state index is 13.0. The van der Waals surface area contributed by atoms with E-state index < -0.39 is 0 Å². The van der Waals surface area contributed by atoms with Crippen molar-refractivity contribution in [1.29, 1.82) is 0 Å². The number of benzene rings is 2. The first-order valence-corrected chi connectivity index (χ1v) is 10.3. The zero-order valence-corrected chi connectivity index (χ0v) is 17.3. The van der Waals surface area contributed by atoms with Gasteiger partial charge < -0.3 is 9.47 Å². The van der Waals surface area contributed by atoms with Crippen LogP contribution in [0, 0.1) is 0 Å². The highest BCUT2D eigenvalue weighted by atomic mass is 32.2. The average molecular weight is 428 g/mol. The maximum Gasteiger partial charge on any atom is 0.272 e. The summed E-state index contributed by atoms with van der Waals surface area (Å²) in [5.74, 6) is 1.05. The predicted octanol–water partition coefficient (Wildman–Crippen LogP) is 2.62. The van der Waals surface area contributed by atoms with E-state index in [1.54, 1.807) is 38.5 Å². The van der Waals surface area contributed by atoms with E-state index in [9.17, 15) is 9.59 Å². The molecule has 1 fully saturated rings. The molecule has 156 valence electrons. The number of methoxy groups -OCH3 is 2. The average Bonchev–Trinajstić information content (AvgIpc) is 3.45. The van der Waals surface area contributed by atoms with Gasteiger partial charge in [-0.15, -0.1) is 11.8 Å². The van der Waals surface area contributed by atoms with Crippen LogP contribution in [-0.2, 0) is 4.79 Å². The van der Waals surface area contributed by atoms with E-state index in [1.807, 2.05) is 12.1 Å². The molecule has 0 bridgehead atoms. The maximum atomic E-state index is 13.0. The van der Waals surface area contributed by atoms with Crippen molar-refractivity contribution < 1.29 is 23.7 Å². The molecule has 9 nitrogen and oxygen atoms in total. The summed E-state index contributed by atoms with van der Waals surface area (Å²) in [6.45, 7) is 0.992. The minimum absolute atomic E-state index is 0.134. The van der Waals surface area contributed by atoms with Crippen LogP contribution in [0.3, 0.4) is 0 Å². The quantitative estimate of drug-likeness (QED) is 0.553. The molecule has 1 aliphatic heterocycles. The molecule has 1 aromatic heterocycles. The van der Waals surface area contributed by atoms with Gasteiger partial charge in [0.1, 0.15) is 11.0 Å². The van der Waals surface area contributed by atoms with Gasteiger partial charge in [0.2, 0.25) is 0 Å². The van der Waals surface area contributed by atoms with E-state index in [0.29, 0.717) is 41.2 Å². The number of ether oxygens (including phenoxy) is 2. The third kappa shape index (κ3) is 3.90. The van der Waals surface area contributed by atoms with Crippen LogP contribution in [0.25, 0.3) is 11.0 Å². The van der Waals surface area contributed by atoms with Gasteiger partial charge in [-0.1, -0.05) is 0 Å². The molecule has 4 rings (SSSR count). The number of amides is 2. The molecule has 30 heavy (non-hydrogen) atoms. The number of rotatable bonds is 6. The predicted molar refractivity (Wildman–Crippen MR) is 109 cm³/mol. The number of hydrogen-bond acceptors (Lipinski definition) is 8. The first-order chi connectivity index (χ1) is 14.6. The zero-order valence-electron chi connectivity index (χ0n) is 16.5. The van der Waals surface area contributed by atoms with Crippen LogP contribution < -0.4 is 9.47 Å². The van der Waals surface area contributed by atoms with E-state index >= 15 is 0 Å². The highest BCUT2D eigenvalue weighted by molar-refractivity contribution is 8.00. The molecule has 10 heteroatoms. The van der Waals surface area contributed by atoms with Gasteiger partial charge in [-0.3, -0.25) is 14.6 Å². The van der Waals surface area contributed by atoms with Gasteiger partial charge in [-0.25, -0.2) is 9.64 Å². The minimum Gasteiger partial charge on any atom is -0.493 e. The Hall–Kier alpha value is -3.27. The Labute approximate surface area is 176 Å². The number of fused-ring (bicyclic) bond motifs is 1. The SMILES string of the molecule is COc1ccc(SCC(=O)N2CCCN2C(=O)c2ccc3nonc3c2)cc1OC. The Morgan fingerprint density at radius 1 is 1.00 bits per heavy atom. The van der Waals surface area contributed by atoms with Gasteiger partial charge in [0, 0.05) is 23.5 Å². The largest absolute Gasteiger partial charge is 0.493 e. The molecule has 0 aliphatic carbocycles. The second kappa shape index (κ2) is 8.62. The van der Waals surface area contributed by atoms with Crippen molar-refractivity contribution >= 4 is 34.6 Å². The van der Waals surface area contributed by atoms with Crippen molar-refractivity contribution in [2.75, 3.05) is 33.1 Å². The molecule has 0 N–H and O–H groups in total. The van der Waals surface area contributed by atoms with Gasteiger partial charge in [0.05, 0.1) is 20.0 Å². The van der Waals surface area contributed by atoms with Crippen molar-refractivity contribution in [3.8, 4) is 11.5 Å². The Bertz CT molecular complexity index is 1090. The van der Waals surface area contributed by atoms with Crippen molar-refractivity contribution in [3.63, 3.8) is 0 Å². The van der Waals surface area contributed by atoms with Gasteiger partial charge in [0.15, 0.2) is 11.5 Å². The molecule has 0 spiro atoms. The first kappa shape index (κ1) is 20.0. The van der Waals surface area contributed by atoms with E-state index in [1.165, 1.54) is 21.8 Å². The summed E-state index contributed by atoms with van der Waals surface area (Å²) < 4.78 is 15.2. The molecule has 0 saturated carbocycles. The molecule has 1 saturated heterocycles. The van der Waals surface area contributed by atoms with Gasteiger partial charge in [-0.05, 0) is 53.1 Å². The van der Waals surface area contributed by atoms with E-state index in [2.05, 4.69) is 14.9 Å². The Morgan fingerprint density at radius 3 is 2.57 bits per heavy atom. The summed E-state index contributed by atoms with van der Waals surface area (Å²) in [6.07, 6.45) is 0.728. The summed E-state index contributed by atoms with van der Waals surface area (Å²) >= 11 is 1.38. The molecule has 1 aliphatic rings. The Balaban J connectivity index is 1.43. The van der Waals surface area contributed by atoms with Crippen LogP contribution in [0.2, 0.25) is 0 Å². The summed E-state index contributed by atoms with van der Waals surface area (Å²) in [6, 6.07) is 10.4. The van der Waals surface area contributed by atoms with Crippen molar-refractivity contribution in [1.82, 2.24) is 20.3 Å². The molecular formula is C20H20N4O5S. The number of nitrogens with zero attached hydrogens (tertiary/aromatic N) is 4. The number of hydrazine groups is 1. The lowest BCUT2D eigenvalue weighted by Crippen LogP contribution is -2.45. The summed E-state index contributed by atoms with van der Waals surface area (Å²) in [4.78, 5) is 26.7. The molecule has 2 aromatic carbocycles. The van der Waals surface area contributed by atoms with E-state index in [4.69, 9.17) is 9.47 Å². The summed E-state index contributed by atoms with van der Waals surface area (Å²) in [5, 5.41) is 10.5. The second-order valence-electron chi connectivity index (χ2n) is 6.57. The van der Waals surface area contributed by atoms with Crippen LogP contribution in [0.1, 0.15) is 16.8 Å². The third-order valence-corrected chi connectivity index (χ3v) is 5.75. The van der Waals surface area contributed by atoms with E-state index in [0.717, 1.165) is 11.3 Å². The lowest BCUT2D eigenvalue weighted by atomic mass is 10.2. The second-order valence-corrected chi connectivity index (χ2v) is 7.62. The number of thioether (sulfide) groups is 1. The smallest absolute Gasteiger partial charge is 0.272 e. The van der Waals surface area contributed by atoms with Crippen molar-refractivity contribution in [2.24, 2.45) is 0 Å².